The third-order valence-electron chi connectivity index (χ3n) is 4.56. The van der Waals surface area contributed by atoms with Gasteiger partial charge in [0.2, 0.25) is 0 Å². The van der Waals surface area contributed by atoms with Gasteiger partial charge >= 0.3 is 0 Å². The highest BCUT2D eigenvalue weighted by Crippen LogP contribution is 2.26. The number of fused-ring (bicyclic) bond motifs is 1. The van der Waals surface area contributed by atoms with Crippen LogP contribution in [0.5, 0.6) is 5.75 Å². The maximum atomic E-state index is 12.6. The summed E-state index contributed by atoms with van der Waals surface area (Å²) >= 11 is 1.46. The summed E-state index contributed by atoms with van der Waals surface area (Å²) in [6.45, 7) is 2.75. The van der Waals surface area contributed by atoms with Crippen LogP contribution >= 0.6 is 11.3 Å². The molecule has 0 aliphatic rings. The molecule has 0 fully saturated rings. The van der Waals surface area contributed by atoms with E-state index in [0.29, 0.717) is 16.9 Å². The molecule has 2 heterocycles. The zero-order valence-corrected chi connectivity index (χ0v) is 16.5. The summed E-state index contributed by atoms with van der Waals surface area (Å²) in [5.41, 5.74) is 3.93. The maximum absolute atomic E-state index is 12.6. The van der Waals surface area contributed by atoms with Crippen molar-refractivity contribution in [2.45, 2.75) is 19.9 Å². The van der Waals surface area contributed by atoms with E-state index in [1.54, 1.807) is 13.4 Å². The van der Waals surface area contributed by atoms with Gasteiger partial charge in [-0.25, -0.2) is 0 Å². The summed E-state index contributed by atoms with van der Waals surface area (Å²) in [6.07, 6.45) is 3.77. The monoisotopic (exact) mass is 392 g/mol. The molecular weight excluding hydrogens is 372 g/mol. The molecule has 0 N–H and O–H groups in total. The van der Waals surface area contributed by atoms with Crippen LogP contribution < -0.4 is 9.54 Å². The number of nitrogens with zero attached hydrogens (tertiary/aromatic N) is 2. The fourth-order valence-electron chi connectivity index (χ4n) is 3.03. The molecule has 28 heavy (non-hydrogen) atoms. The molecule has 4 rings (SSSR count). The molecule has 0 saturated carbocycles. The van der Waals surface area contributed by atoms with Gasteiger partial charge in [0.15, 0.2) is 4.80 Å². The minimum Gasteiger partial charge on any atom is -0.497 e. The third kappa shape index (κ3) is 3.92. The van der Waals surface area contributed by atoms with Crippen molar-refractivity contribution in [2.75, 3.05) is 7.11 Å². The smallest absolute Gasteiger partial charge is 0.252 e. The Balaban J connectivity index is 1.54. The SMILES string of the molecule is COc1ccc2c(CC(=O)N=c3sccn3Cc3ccc(C)cc3)coc2c1. The van der Waals surface area contributed by atoms with Gasteiger partial charge in [0.1, 0.15) is 11.3 Å². The van der Waals surface area contributed by atoms with Crippen molar-refractivity contribution in [3.05, 3.63) is 81.8 Å². The van der Waals surface area contributed by atoms with Crippen LogP contribution in [-0.2, 0) is 17.8 Å². The Morgan fingerprint density at radius 3 is 2.82 bits per heavy atom. The topological polar surface area (TPSA) is 56.7 Å². The van der Waals surface area contributed by atoms with Gasteiger partial charge < -0.3 is 13.7 Å². The fraction of sp³-hybridized carbons (Fsp3) is 0.182. The number of thiazole rings is 1. The number of hydrogen-bond donors (Lipinski definition) is 0. The van der Waals surface area contributed by atoms with E-state index in [4.69, 9.17) is 9.15 Å². The fourth-order valence-corrected chi connectivity index (χ4v) is 3.78. The first-order chi connectivity index (χ1) is 13.6. The second-order valence-corrected chi connectivity index (χ2v) is 7.48. The first-order valence-corrected chi connectivity index (χ1v) is 9.81. The van der Waals surface area contributed by atoms with Crippen LogP contribution in [0.4, 0.5) is 0 Å². The minimum atomic E-state index is -0.196. The van der Waals surface area contributed by atoms with E-state index >= 15 is 0 Å². The largest absolute Gasteiger partial charge is 0.497 e. The number of furan rings is 1. The molecule has 1 amide bonds. The first kappa shape index (κ1) is 18.3. The van der Waals surface area contributed by atoms with Crippen molar-refractivity contribution >= 4 is 28.2 Å². The molecule has 0 aliphatic heterocycles. The summed E-state index contributed by atoms with van der Waals surface area (Å²) in [5, 5.41) is 2.85. The van der Waals surface area contributed by atoms with Crippen LogP contribution in [0.25, 0.3) is 11.0 Å². The lowest BCUT2D eigenvalue weighted by Gasteiger charge is -2.03. The van der Waals surface area contributed by atoms with Crippen LogP contribution in [0.3, 0.4) is 0 Å². The van der Waals surface area contributed by atoms with Crippen molar-refractivity contribution in [1.29, 1.82) is 0 Å². The number of carbonyl (C=O) groups excluding carboxylic acids is 1. The number of aromatic nitrogens is 1. The van der Waals surface area contributed by atoms with E-state index in [1.807, 2.05) is 34.3 Å². The standard InChI is InChI=1S/C22H20N2O3S/c1-15-3-5-16(6-4-15)13-24-9-10-28-22(24)23-21(25)11-17-14-27-20-12-18(26-2)7-8-19(17)20/h3-10,12,14H,11,13H2,1-2H3. The summed E-state index contributed by atoms with van der Waals surface area (Å²) < 4.78 is 12.8. The number of methoxy groups -OCH3 is 1. The molecular formula is C22H20N2O3S. The van der Waals surface area contributed by atoms with Gasteiger partial charge in [-0.15, -0.1) is 11.3 Å². The lowest BCUT2D eigenvalue weighted by atomic mass is 10.1. The third-order valence-corrected chi connectivity index (χ3v) is 5.35. The molecule has 0 spiro atoms. The second-order valence-electron chi connectivity index (χ2n) is 6.60. The molecule has 6 heteroatoms. The number of amides is 1. The van der Waals surface area contributed by atoms with Crippen LogP contribution in [0, 0.1) is 6.92 Å². The van der Waals surface area contributed by atoms with E-state index < -0.39 is 0 Å². The Bertz CT molecular complexity index is 1180. The lowest BCUT2D eigenvalue weighted by molar-refractivity contribution is -0.117. The highest BCUT2D eigenvalue weighted by Gasteiger charge is 2.11. The highest BCUT2D eigenvalue weighted by molar-refractivity contribution is 7.07. The number of carbonyl (C=O) groups is 1. The minimum absolute atomic E-state index is 0.196. The molecule has 0 unspecified atom stereocenters. The van der Waals surface area contributed by atoms with Crippen LogP contribution in [-0.4, -0.2) is 17.6 Å². The van der Waals surface area contributed by atoms with Gasteiger partial charge in [0.05, 0.1) is 19.8 Å². The number of hydrogen-bond acceptors (Lipinski definition) is 4. The number of ether oxygens (including phenoxy) is 1. The van der Waals surface area contributed by atoms with Gasteiger partial charge in [-0.1, -0.05) is 29.8 Å². The summed E-state index contributed by atoms with van der Waals surface area (Å²) in [4.78, 5) is 17.6. The second kappa shape index (κ2) is 7.86. The Labute approximate surface area is 166 Å². The normalized spacial score (nSPS) is 11.9. The van der Waals surface area contributed by atoms with E-state index in [2.05, 4.69) is 36.2 Å². The van der Waals surface area contributed by atoms with Crippen LogP contribution in [0.15, 0.2) is 69.7 Å². The average molecular weight is 392 g/mol. The predicted octanol–water partition coefficient (Wildman–Crippen LogP) is 4.33. The number of rotatable bonds is 5. The number of aryl methyl sites for hydroxylation is 1. The van der Waals surface area contributed by atoms with E-state index in [9.17, 15) is 4.79 Å². The molecule has 2 aromatic heterocycles. The van der Waals surface area contributed by atoms with Gasteiger partial charge in [-0.2, -0.15) is 4.99 Å². The molecule has 0 saturated heterocycles. The Morgan fingerprint density at radius 1 is 1.21 bits per heavy atom. The van der Waals surface area contributed by atoms with Crippen molar-refractivity contribution in [3.63, 3.8) is 0 Å². The Kier molecular flexibility index (Phi) is 5.12. The average Bonchev–Trinajstić information content (AvgIpc) is 3.30. The maximum Gasteiger partial charge on any atom is 0.252 e. The lowest BCUT2D eigenvalue weighted by Crippen LogP contribution is -2.17. The Morgan fingerprint density at radius 2 is 2.04 bits per heavy atom. The van der Waals surface area contributed by atoms with Crippen LogP contribution in [0.2, 0.25) is 0 Å². The molecule has 0 aliphatic carbocycles. The molecule has 2 aromatic carbocycles. The van der Waals surface area contributed by atoms with Crippen molar-refractivity contribution < 1.29 is 13.9 Å². The van der Waals surface area contributed by atoms with E-state index in [0.717, 1.165) is 16.7 Å². The molecule has 142 valence electrons. The van der Waals surface area contributed by atoms with Gasteiger partial charge in [-0.05, 0) is 24.6 Å². The molecule has 4 aromatic rings. The van der Waals surface area contributed by atoms with Crippen LogP contribution in [0.1, 0.15) is 16.7 Å². The summed E-state index contributed by atoms with van der Waals surface area (Å²) in [6, 6.07) is 13.9. The van der Waals surface area contributed by atoms with Crippen molar-refractivity contribution in [3.8, 4) is 5.75 Å². The quantitative estimate of drug-likeness (QED) is 0.508. The zero-order valence-electron chi connectivity index (χ0n) is 15.7. The van der Waals surface area contributed by atoms with E-state index in [1.165, 1.54) is 22.5 Å². The molecule has 0 bridgehead atoms. The van der Waals surface area contributed by atoms with Gasteiger partial charge in [0.25, 0.3) is 5.91 Å². The molecule has 5 nitrogen and oxygen atoms in total. The Hall–Kier alpha value is -3.12. The molecule has 0 atom stereocenters. The summed E-state index contributed by atoms with van der Waals surface area (Å²) in [7, 11) is 1.61. The first-order valence-electron chi connectivity index (χ1n) is 8.93. The predicted molar refractivity (Wildman–Crippen MR) is 110 cm³/mol. The zero-order chi connectivity index (χ0) is 19.5. The molecule has 0 radical (unpaired) electrons. The van der Waals surface area contributed by atoms with E-state index in [-0.39, 0.29) is 12.3 Å². The van der Waals surface area contributed by atoms with Gasteiger partial charge in [-0.3, -0.25) is 4.79 Å². The van der Waals surface area contributed by atoms with Gasteiger partial charge in [0, 0.05) is 35.1 Å². The number of benzene rings is 2. The van der Waals surface area contributed by atoms with Crippen molar-refractivity contribution in [2.24, 2.45) is 4.99 Å². The van der Waals surface area contributed by atoms with Crippen molar-refractivity contribution in [1.82, 2.24) is 4.57 Å². The highest BCUT2D eigenvalue weighted by atomic mass is 32.1. The summed E-state index contributed by atoms with van der Waals surface area (Å²) in [5.74, 6) is 0.527.